The third kappa shape index (κ3) is 4.81. The van der Waals surface area contributed by atoms with Gasteiger partial charge in [-0.1, -0.05) is 0 Å². The Balaban J connectivity index is 1.40. The lowest BCUT2D eigenvalue weighted by atomic mass is 9.61. The van der Waals surface area contributed by atoms with Gasteiger partial charge in [0.05, 0.1) is 24.1 Å². The van der Waals surface area contributed by atoms with Crippen LogP contribution in [0.15, 0.2) is 30.6 Å². The van der Waals surface area contributed by atoms with Gasteiger partial charge >= 0.3 is 6.18 Å². The molecule has 8 nitrogen and oxygen atoms in total. The van der Waals surface area contributed by atoms with Crippen molar-refractivity contribution < 1.29 is 31.5 Å². The molecule has 13 heteroatoms. The number of amides is 1. The maximum Gasteiger partial charge on any atom is 0.416 e. The van der Waals surface area contributed by atoms with Gasteiger partial charge in [0.25, 0.3) is 11.8 Å². The summed E-state index contributed by atoms with van der Waals surface area (Å²) in [5.74, 6) is -3.21. The smallest absolute Gasteiger partial charge is 0.416 e. The zero-order valence-corrected chi connectivity index (χ0v) is 23.5. The first-order valence-corrected chi connectivity index (χ1v) is 13.9. The number of nitrogens with zero attached hydrogens (tertiary/aromatic N) is 5. The maximum atomic E-state index is 14.4. The lowest BCUT2D eigenvalue weighted by Crippen LogP contribution is -2.51. The van der Waals surface area contributed by atoms with Gasteiger partial charge in [-0.25, -0.2) is 8.78 Å². The molecule has 1 N–H and O–H groups in total. The highest BCUT2D eigenvalue weighted by atomic mass is 19.4. The summed E-state index contributed by atoms with van der Waals surface area (Å²) in [5, 5.41) is 11.3. The largest absolute Gasteiger partial charge is 0.478 e. The van der Waals surface area contributed by atoms with Crippen LogP contribution in [0.5, 0.6) is 5.88 Å². The van der Waals surface area contributed by atoms with E-state index in [1.807, 2.05) is 6.92 Å². The summed E-state index contributed by atoms with van der Waals surface area (Å²) >= 11 is 0. The monoisotopic (exact) mass is 590 g/mol. The van der Waals surface area contributed by atoms with Crippen molar-refractivity contribution in [3.8, 4) is 5.88 Å². The second kappa shape index (κ2) is 9.72. The van der Waals surface area contributed by atoms with Gasteiger partial charge in [0, 0.05) is 43.6 Å². The van der Waals surface area contributed by atoms with Crippen molar-refractivity contribution >= 4 is 11.7 Å². The number of benzene rings is 1. The summed E-state index contributed by atoms with van der Waals surface area (Å²) in [6.07, 6.45) is -1.45. The molecule has 42 heavy (non-hydrogen) atoms. The van der Waals surface area contributed by atoms with Crippen molar-refractivity contribution in [2.45, 2.75) is 82.1 Å². The molecule has 0 saturated heterocycles. The van der Waals surface area contributed by atoms with Crippen molar-refractivity contribution in [2.24, 2.45) is 7.05 Å². The number of carbonyl (C=O) groups is 1. The van der Waals surface area contributed by atoms with Crippen LogP contribution in [-0.2, 0) is 31.7 Å². The summed E-state index contributed by atoms with van der Waals surface area (Å²) in [4.78, 5) is 19.3. The topological polar surface area (TPSA) is 85.2 Å². The summed E-state index contributed by atoms with van der Waals surface area (Å²) in [5.41, 5.74) is -1.72. The number of ether oxygens (including phenoxy) is 1. The first-order chi connectivity index (χ1) is 19.7. The van der Waals surface area contributed by atoms with Gasteiger partial charge in [-0.05, 0) is 68.0 Å². The van der Waals surface area contributed by atoms with E-state index in [0.717, 1.165) is 30.2 Å². The minimum atomic E-state index is -4.69. The lowest BCUT2D eigenvalue weighted by Gasteiger charge is -2.46. The zero-order valence-electron chi connectivity index (χ0n) is 23.5. The van der Waals surface area contributed by atoms with Crippen LogP contribution in [0.2, 0.25) is 0 Å². The number of halogens is 5. The van der Waals surface area contributed by atoms with Crippen molar-refractivity contribution in [1.29, 1.82) is 0 Å². The molecule has 1 aliphatic heterocycles. The highest BCUT2D eigenvalue weighted by molar-refractivity contribution is 6.10. The molecular weight excluding hydrogens is 559 g/mol. The molecule has 2 fully saturated rings. The standard InChI is InChI=1S/C29H31F5N6O2/c1-4-42-23-11-18(27(14-28(30,31)15-27)25-38-36-16-39(25)3)10-22(37-23)40-13-20-19(24(40)41)8-17(9-21(20)29(32,33)34)12-35-26(2)6-5-7-26/h8-11,16,35H,4-7,12-15H2,1-3H3. The van der Waals surface area contributed by atoms with Crippen molar-refractivity contribution in [3.63, 3.8) is 0 Å². The molecule has 3 heterocycles. The minimum Gasteiger partial charge on any atom is -0.478 e. The fraction of sp³-hybridized carbons (Fsp3) is 0.517. The molecule has 6 rings (SSSR count). The number of fused-ring (bicyclic) bond motifs is 1. The molecule has 2 aliphatic carbocycles. The number of carbonyl (C=O) groups excluding carboxylic acids is 1. The normalized spacial score (nSPS) is 20.2. The number of nitrogens with one attached hydrogen (secondary N) is 1. The molecule has 3 aromatic rings. The number of rotatable bonds is 8. The molecule has 2 saturated carbocycles. The highest BCUT2D eigenvalue weighted by Crippen LogP contribution is 2.57. The fourth-order valence-corrected chi connectivity index (χ4v) is 6.37. The number of alkyl halides is 5. The quantitative estimate of drug-likeness (QED) is 0.347. The van der Waals surface area contributed by atoms with Crippen LogP contribution < -0.4 is 15.0 Å². The van der Waals surface area contributed by atoms with Crippen LogP contribution in [0, 0.1) is 0 Å². The number of pyridine rings is 1. The second-order valence-electron chi connectivity index (χ2n) is 11.9. The number of hydrogen-bond acceptors (Lipinski definition) is 6. The van der Waals surface area contributed by atoms with Crippen LogP contribution in [0.25, 0.3) is 0 Å². The molecule has 0 bridgehead atoms. The van der Waals surface area contributed by atoms with Crippen LogP contribution in [-0.4, -0.2) is 43.7 Å². The molecule has 0 radical (unpaired) electrons. The van der Waals surface area contributed by atoms with Gasteiger partial charge in [0.15, 0.2) is 0 Å². The third-order valence-electron chi connectivity index (χ3n) is 8.75. The minimum absolute atomic E-state index is 0.0173. The van der Waals surface area contributed by atoms with E-state index in [0.29, 0.717) is 17.0 Å². The van der Waals surface area contributed by atoms with Crippen LogP contribution in [0.1, 0.15) is 84.4 Å². The van der Waals surface area contributed by atoms with Gasteiger partial charge in [-0.15, -0.1) is 10.2 Å². The van der Waals surface area contributed by atoms with Gasteiger partial charge in [0.2, 0.25) is 5.88 Å². The molecule has 1 aromatic carbocycles. The third-order valence-corrected chi connectivity index (χ3v) is 8.75. The van der Waals surface area contributed by atoms with E-state index in [2.05, 4.69) is 20.5 Å². The second-order valence-corrected chi connectivity index (χ2v) is 11.9. The summed E-state index contributed by atoms with van der Waals surface area (Å²) in [6.45, 7) is 3.77. The Labute approximate surface area is 239 Å². The van der Waals surface area contributed by atoms with Crippen LogP contribution in [0.4, 0.5) is 27.8 Å². The van der Waals surface area contributed by atoms with Crippen LogP contribution in [0.3, 0.4) is 0 Å². The van der Waals surface area contributed by atoms with Crippen molar-refractivity contribution in [3.05, 3.63) is 64.2 Å². The molecule has 0 spiro atoms. The molecular formula is C29H31F5N6O2. The first kappa shape index (κ1) is 28.5. The number of anilines is 1. The average Bonchev–Trinajstić information content (AvgIpc) is 3.46. The predicted molar refractivity (Wildman–Crippen MR) is 142 cm³/mol. The number of hydrogen-bond donors (Lipinski definition) is 1. The van der Waals surface area contributed by atoms with E-state index in [1.165, 1.54) is 24.5 Å². The van der Waals surface area contributed by atoms with Gasteiger partial charge < -0.3 is 14.6 Å². The highest BCUT2D eigenvalue weighted by Gasteiger charge is 2.61. The van der Waals surface area contributed by atoms with E-state index >= 15 is 0 Å². The van der Waals surface area contributed by atoms with Crippen LogP contribution >= 0.6 is 0 Å². The van der Waals surface area contributed by atoms with Crippen molar-refractivity contribution in [1.82, 2.24) is 25.1 Å². The lowest BCUT2D eigenvalue weighted by molar-refractivity contribution is -0.138. The Hall–Kier alpha value is -3.61. The van der Waals surface area contributed by atoms with E-state index in [1.54, 1.807) is 18.5 Å². The van der Waals surface area contributed by atoms with Gasteiger partial charge in [-0.3, -0.25) is 9.69 Å². The van der Waals surface area contributed by atoms with E-state index < -0.39 is 41.8 Å². The van der Waals surface area contributed by atoms with Gasteiger partial charge in [-0.2, -0.15) is 18.2 Å². The number of aromatic nitrogens is 4. The molecule has 0 atom stereocenters. The average molecular weight is 591 g/mol. The first-order valence-electron chi connectivity index (χ1n) is 13.9. The molecule has 224 valence electrons. The molecule has 3 aliphatic rings. The predicted octanol–water partition coefficient (Wildman–Crippen LogP) is 5.54. The Morgan fingerprint density at radius 3 is 2.43 bits per heavy atom. The molecule has 1 amide bonds. The number of aryl methyl sites for hydroxylation is 1. The molecule has 2 aromatic heterocycles. The molecule has 0 unspecified atom stereocenters. The zero-order chi connectivity index (χ0) is 30.1. The SMILES string of the molecule is CCOc1cc(C2(c3nncn3C)CC(F)(F)C2)cc(N2Cc3c(cc(CNC4(C)CCC4)cc3C(F)(F)F)C2=O)n1. The maximum absolute atomic E-state index is 14.4. The van der Waals surface area contributed by atoms with E-state index in [9.17, 15) is 26.7 Å². The van der Waals surface area contributed by atoms with Crippen molar-refractivity contribution in [2.75, 3.05) is 11.5 Å². The Morgan fingerprint density at radius 2 is 1.86 bits per heavy atom. The Morgan fingerprint density at radius 1 is 1.12 bits per heavy atom. The summed E-state index contributed by atoms with van der Waals surface area (Å²) in [6, 6.07) is 5.60. The fourth-order valence-electron chi connectivity index (χ4n) is 6.37. The van der Waals surface area contributed by atoms with Gasteiger partial charge in [0.1, 0.15) is 18.0 Å². The summed E-state index contributed by atoms with van der Waals surface area (Å²) < 4.78 is 78.8. The van der Waals surface area contributed by atoms with E-state index in [-0.39, 0.29) is 48.1 Å². The summed E-state index contributed by atoms with van der Waals surface area (Å²) in [7, 11) is 1.65. The Bertz CT molecular complexity index is 1540. The Kier molecular flexibility index (Phi) is 6.59. The van der Waals surface area contributed by atoms with E-state index in [4.69, 9.17) is 4.74 Å².